The normalized spacial score (nSPS) is 21.5. The molecule has 0 atom stereocenters. The minimum atomic E-state index is 0.219. The van der Waals surface area contributed by atoms with Crippen LogP contribution in [0.3, 0.4) is 0 Å². The molecule has 0 amide bonds. The van der Waals surface area contributed by atoms with E-state index in [9.17, 15) is 0 Å². The fourth-order valence-corrected chi connectivity index (χ4v) is 2.02. The van der Waals surface area contributed by atoms with E-state index < -0.39 is 0 Å². The zero-order chi connectivity index (χ0) is 8.86. The average Bonchev–Trinajstić information content (AvgIpc) is 2.47. The highest BCUT2D eigenvalue weighted by Crippen LogP contribution is 2.32. The number of rotatable bonds is 5. The number of hydrogen-bond donors (Lipinski definition) is 1. The summed E-state index contributed by atoms with van der Waals surface area (Å²) in [5.41, 5.74) is 0.219. The van der Waals surface area contributed by atoms with Crippen LogP contribution in [0.4, 0.5) is 0 Å². The molecule has 0 aromatic heterocycles. The lowest BCUT2D eigenvalue weighted by molar-refractivity contribution is -0.0272. The monoisotopic (exact) mass is 188 g/mol. The van der Waals surface area contributed by atoms with E-state index in [-0.39, 0.29) is 5.60 Å². The van der Waals surface area contributed by atoms with Crippen molar-refractivity contribution >= 4 is 12.6 Å². The molecule has 1 saturated carbocycles. The molecule has 1 rings (SSSR count). The zero-order valence-electron chi connectivity index (χ0n) is 8.01. The van der Waals surface area contributed by atoms with Gasteiger partial charge in [-0.2, -0.15) is 12.6 Å². The molecule has 0 aromatic rings. The highest BCUT2D eigenvalue weighted by Gasteiger charge is 2.28. The molecule has 2 heteroatoms. The van der Waals surface area contributed by atoms with Gasteiger partial charge in [0.2, 0.25) is 0 Å². The first-order valence-electron chi connectivity index (χ1n) is 5.02. The molecule has 0 radical (unpaired) electrons. The van der Waals surface area contributed by atoms with Gasteiger partial charge in [0.15, 0.2) is 0 Å². The van der Waals surface area contributed by atoms with Crippen molar-refractivity contribution in [2.75, 3.05) is 12.4 Å². The molecule has 0 spiro atoms. The van der Waals surface area contributed by atoms with Crippen molar-refractivity contribution < 1.29 is 4.74 Å². The lowest BCUT2D eigenvalue weighted by Crippen LogP contribution is -2.24. The first kappa shape index (κ1) is 10.4. The maximum Gasteiger partial charge on any atom is 0.0654 e. The molecule has 0 unspecified atom stereocenters. The van der Waals surface area contributed by atoms with E-state index in [1.807, 2.05) is 0 Å². The van der Waals surface area contributed by atoms with E-state index in [0.717, 1.165) is 12.4 Å². The highest BCUT2D eigenvalue weighted by atomic mass is 32.1. The molecule has 0 saturated heterocycles. The summed E-state index contributed by atoms with van der Waals surface area (Å²) in [7, 11) is 0. The fraction of sp³-hybridized carbons (Fsp3) is 1.00. The predicted molar refractivity (Wildman–Crippen MR) is 55.9 cm³/mol. The van der Waals surface area contributed by atoms with Crippen LogP contribution in [0.1, 0.15) is 45.4 Å². The van der Waals surface area contributed by atoms with E-state index >= 15 is 0 Å². The third-order valence-corrected chi connectivity index (χ3v) is 2.98. The number of thiol groups is 1. The van der Waals surface area contributed by atoms with Crippen molar-refractivity contribution in [2.24, 2.45) is 0 Å². The highest BCUT2D eigenvalue weighted by molar-refractivity contribution is 7.80. The van der Waals surface area contributed by atoms with Crippen molar-refractivity contribution in [1.82, 2.24) is 0 Å². The van der Waals surface area contributed by atoms with Crippen molar-refractivity contribution in [2.45, 2.75) is 51.0 Å². The Morgan fingerprint density at radius 2 is 1.92 bits per heavy atom. The van der Waals surface area contributed by atoms with Crippen LogP contribution in [0.15, 0.2) is 0 Å². The van der Waals surface area contributed by atoms with Gasteiger partial charge in [0, 0.05) is 6.61 Å². The zero-order valence-corrected chi connectivity index (χ0v) is 8.91. The quantitative estimate of drug-likeness (QED) is 0.515. The van der Waals surface area contributed by atoms with Gasteiger partial charge in [0.25, 0.3) is 0 Å². The van der Waals surface area contributed by atoms with Gasteiger partial charge in [-0.25, -0.2) is 0 Å². The number of ether oxygens (including phenoxy) is 1. The Hall–Kier alpha value is 0.310. The molecule has 1 fully saturated rings. The van der Waals surface area contributed by atoms with Gasteiger partial charge >= 0.3 is 0 Å². The Labute approximate surface area is 81.3 Å². The smallest absolute Gasteiger partial charge is 0.0654 e. The Kier molecular flexibility index (Phi) is 4.44. The maximum atomic E-state index is 5.86. The Bertz CT molecular complexity index is 119. The summed E-state index contributed by atoms with van der Waals surface area (Å²) in [4.78, 5) is 0. The fourth-order valence-electron chi connectivity index (χ4n) is 1.80. The van der Waals surface area contributed by atoms with Crippen LogP contribution in [0.5, 0.6) is 0 Å². The lowest BCUT2D eigenvalue weighted by atomic mass is 10.1. The van der Waals surface area contributed by atoms with Gasteiger partial charge in [-0.05, 0) is 38.4 Å². The van der Waals surface area contributed by atoms with E-state index in [1.54, 1.807) is 0 Å². The van der Waals surface area contributed by atoms with Gasteiger partial charge in [0.05, 0.1) is 5.60 Å². The van der Waals surface area contributed by atoms with E-state index in [4.69, 9.17) is 4.74 Å². The Morgan fingerprint density at radius 1 is 1.25 bits per heavy atom. The topological polar surface area (TPSA) is 9.23 Å². The average molecular weight is 188 g/mol. The lowest BCUT2D eigenvalue weighted by Gasteiger charge is -2.24. The van der Waals surface area contributed by atoms with Crippen LogP contribution >= 0.6 is 12.6 Å². The SMILES string of the molecule is CC1(OCCCCS)CCCC1. The summed E-state index contributed by atoms with van der Waals surface area (Å²) >= 11 is 4.17. The molecular weight excluding hydrogens is 168 g/mol. The second-order valence-electron chi connectivity index (χ2n) is 3.94. The molecule has 0 heterocycles. The molecule has 1 aliphatic carbocycles. The van der Waals surface area contributed by atoms with Gasteiger partial charge in [0.1, 0.15) is 0 Å². The van der Waals surface area contributed by atoms with Crippen LogP contribution in [0.25, 0.3) is 0 Å². The third kappa shape index (κ3) is 3.36. The summed E-state index contributed by atoms with van der Waals surface area (Å²) in [5, 5.41) is 0. The standard InChI is InChI=1S/C10H20OS/c1-10(6-2-3-7-10)11-8-4-5-9-12/h12H,2-9H2,1H3. The second-order valence-corrected chi connectivity index (χ2v) is 4.38. The summed E-state index contributed by atoms with van der Waals surface area (Å²) in [6.45, 7) is 3.18. The molecule has 1 aliphatic rings. The third-order valence-electron chi connectivity index (χ3n) is 2.66. The van der Waals surface area contributed by atoms with Crippen molar-refractivity contribution in [1.29, 1.82) is 0 Å². The molecule has 1 nitrogen and oxygen atoms in total. The minimum Gasteiger partial charge on any atom is -0.375 e. The molecule has 0 N–H and O–H groups in total. The Balaban J connectivity index is 2.05. The molecule has 0 aromatic carbocycles. The molecular formula is C10H20OS. The van der Waals surface area contributed by atoms with Crippen molar-refractivity contribution in [3.63, 3.8) is 0 Å². The van der Waals surface area contributed by atoms with Gasteiger partial charge in [-0.3, -0.25) is 0 Å². The van der Waals surface area contributed by atoms with Gasteiger partial charge < -0.3 is 4.74 Å². The Morgan fingerprint density at radius 3 is 2.50 bits per heavy atom. The van der Waals surface area contributed by atoms with Gasteiger partial charge in [-0.15, -0.1) is 0 Å². The molecule has 12 heavy (non-hydrogen) atoms. The van der Waals surface area contributed by atoms with Crippen LogP contribution < -0.4 is 0 Å². The first-order chi connectivity index (χ1) is 5.77. The number of hydrogen-bond acceptors (Lipinski definition) is 2. The molecule has 0 aliphatic heterocycles. The summed E-state index contributed by atoms with van der Waals surface area (Å²) < 4.78 is 5.86. The van der Waals surface area contributed by atoms with E-state index in [0.29, 0.717) is 0 Å². The van der Waals surface area contributed by atoms with Crippen LogP contribution in [-0.2, 0) is 4.74 Å². The summed E-state index contributed by atoms with van der Waals surface area (Å²) in [6.07, 6.45) is 7.56. The van der Waals surface area contributed by atoms with Crippen LogP contribution in [0, 0.1) is 0 Å². The van der Waals surface area contributed by atoms with Crippen molar-refractivity contribution in [3.8, 4) is 0 Å². The van der Waals surface area contributed by atoms with Gasteiger partial charge in [-0.1, -0.05) is 12.8 Å². The minimum absolute atomic E-state index is 0.219. The maximum absolute atomic E-state index is 5.86. The first-order valence-corrected chi connectivity index (χ1v) is 5.65. The van der Waals surface area contributed by atoms with E-state index in [2.05, 4.69) is 19.6 Å². The summed E-state index contributed by atoms with van der Waals surface area (Å²) in [6, 6.07) is 0. The largest absolute Gasteiger partial charge is 0.375 e. The van der Waals surface area contributed by atoms with E-state index in [1.165, 1.54) is 38.5 Å². The van der Waals surface area contributed by atoms with Crippen molar-refractivity contribution in [3.05, 3.63) is 0 Å². The number of unbranched alkanes of at least 4 members (excludes halogenated alkanes) is 1. The molecule has 72 valence electrons. The second kappa shape index (κ2) is 5.13. The predicted octanol–water partition coefficient (Wildman–Crippen LogP) is 3.05. The summed E-state index contributed by atoms with van der Waals surface area (Å²) in [5.74, 6) is 0.986. The van der Waals surface area contributed by atoms with Crippen LogP contribution in [-0.4, -0.2) is 18.0 Å². The van der Waals surface area contributed by atoms with Crippen LogP contribution in [0.2, 0.25) is 0 Å². The molecule has 0 bridgehead atoms.